The Morgan fingerprint density at radius 1 is 1.41 bits per heavy atom. The van der Waals surface area contributed by atoms with Crippen LogP contribution in [0.4, 0.5) is 4.79 Å². The van der Waals surface area contributed by atoms with Crippen molar-refractivity contribution in [1.29, 1.82) is 0 Å². The number of halogens is 2. The first-order chi connectivity index (χ1) is 10.4. The molecular weight excluding hydrogens is 323 g/mol. The van der Waals surface area contributed by atoms with Gasteiger partial charge in [-0.05, 0) is 49.8 Å². The van der Waals surface area contributed by atoms with E-state index in [0.29, 0.717) is 28.9 Å². The van der Waals surface area contributed by atoms with Crippen molar-refractivity contribution in [2.45, 2.75) is 38.3 Å². The Morgan fingerprint density at radius 2 is 2.00 bits per heavy atom. The zero-order chi connectivity index (χ0) is 16.3. The molecule has 4 nitrogen and oxygen atoms in total. The van der Waals surface area contributed by atoms with Crippen LogP contribution in [0.5, 0.6) is 0 Å². The van der Waals surface area contributed by atoms with E-state index in [2.05, 4.69) is 5.32 Å². The molecule has 1 atom stereocenters. The highest BCUT2D eigenvalue weighted by Crippen LogP contribution is 2.28. The molecule has 2 N–H and O–H groups in total. The number of carbonyl (C=O) groups is 1. The molecule has 0 radical (unpaired) electrons. The third kappa shape index (κ3) is 4.51. The van der Waals surface area contributed by atoms with Crippen LogP contribution in [-0.4, -0.2) is 41.8 Å². The van der Waals surface area contributed by atoms with Crippen molar-refractivity contribution in [3.05, 3.63) is 33.8 Å². The fourth-order valence-electron chi connectivity index (χ4n) is 2.73. The molecule has 0 spiro atoms. The highest BCUT2D eigenvalue weighted by atomic mass is 35.5. The van der Waals surface area contributed by atoms with Crippen molar-refractivity contribution in [3.63, 3.8) is 0 Å². The van der Waals surface area contributed by atoms with Gasteiger partial charge in [-0.3, -0.25) is 0 Å². The summed E-state index contributed by atoms with van der Waals surface area (Å²) in [6.07, 6.45) is 1.95. The molecule has 0 aliphatic heterocycles. The van der Waals surface area contributed by atoms with Gasteiger partial charge in [-0.15, -0.1) is 0 Å². The number of urea groups is 1. The molecule has 0 saturated heterocycles. The first kappa shape index (κ1) is 17.4. The molecular formula is C16H22Cl2N2O2. The molecule has 2 amide bonds. The van der Waals surface area contributed by atoms with E-state index in [4.69, 9.17) is 23.2 Å². The Labute approximate surface area is 141 Å². The molecule has 1 unspecified atom stereocenters. The van der Waals surface area contributed by atoms with E-state index in [-0.39, 0.29) is 18.2 Å². The van der Waals surface area contributed by atoms with Crippen molar-refractivity contribution in [1.82, 2.24) is 10.2 Å². The van der Waals surface area contributed by atoms with E-state index in [1.165, 1.54) is 0 Å². The van der Waals surface area contributed by atoms with Crippen LogP contribution in [0.2, 0.25) is 10.0 Å². The fourth-order valence-corrected chi connectivity index (χ4v) is 3.28. The van der Waals surface area contributed by atoms with Gasteiger partial charge in [0.1, 0.15) is 0 Å². The number of amides is 2. The lowest BCUT2D eigenvalue weighted by Crippen LogP contribution is -2.46. The molecule has 1 aromatic carbocycles. The SMILES string of the molecule is CC(Cc1c(Cl)cccc1Cl)NC(=O)N(C)CC1CC(O)C1. The Kier molecular flexibility index (Phi) is 5.95. The lowest BCUT2D eigenvalue weighted by atomic mass is 9.82. The highest BCUT2D eigenvalue weighted by molar-refractivity contribution is 6.36. The van der Waals surface area contributed by atoms with Crippen LogP contribution in [0, 0.1) is 5.92 Å². The number of carbonyl (C=O) groups excluding carboxylic acids is 1. The van der Waals surface area contributed by atoms with Crippen LogP contribution >= 0.6 is 23.2 Å². The lowest BCUT2D eigenvalue weighted by molar-refractivity contribution is 0.0324. The van der Waals surface area contributed by atoms with E-state index in [1.54, 1.807) is 30.1 Å². The summed E-state index contributed by atoms with van der Waals surface area (Å²) in [5.74, 6) is 0.402. The Hall–Kier alpha value is -0.970. The Balaban J connectivity index is 1.83. The van der Waals surface area contributed by atoms with Crippen LogP contribution in [0.25, 0.3) is 0 Å². The number of hydrogen-bond donors (Lipinski definition) is 2. The van der Waals surface area contributed by atoms with Crippen LogP contribution in [-0.2, 0) is 6.42 Å². The van der Waals surface area contributed by atoms with E-state index >= 15 is 0 Å². The second kappa shape index (κ2) is 7.53. The molecule has 1 saturated carbocycles. The third-order valence-electron chi connectivity index (χ3n) is 4.03. The minimum absolute atomic E-state index is 0.0701. The van der Waals surface area contributed by atoms with Crippen LogP contribution in [0.15, 0.2) is 18.2 Å². The molecule has 6 heteroatoms. The maximum absolute atomic E-state index is 12.2. The van der Waals surface area contributed by atoms with Gasteiger partial charge in [0.05, 0.1) is 6.10 Å². The van der Waals surface area contributed by atoms with Crippen molar-refractivity contribution in [2.24, 2.45) is 5.92 Å². The minimum atomic E-state index is -0.192. The maximum Gasteiger partial charge on any atom is 0.317 e. The largest absolute Gasteiger partial charge is 0.393 e. The average molecular weight is 345 g/mol. The molecule has 22 heavy (non-hydrogen) atoms. The van der Waals surface area contributed by atoms with E-state index in [9.17, 15) is 9.90 Å². The van der Waals surface area contributed by atoms with Gasteiger partial charge in [-0.2, -0.15) is 0 Å². The van der Waals surface area contributed by atoms with Gasteiger partial charge in [-0.25, -0.2) is 4.79 Å². The third-order valence-corrected chi connectivity index (χ3v) is 4.74. The number of hydrogen-bond acceptors (Lipinski definition) is 2. The van der Waals surface area contributed by atoms with E-state index < -0.39 is 0 Å². The number of aliphatic hydroxyl groups is 1. The van der Waals surface area contributed by atoms with Gasteiger partial charge < -0.3 is 15.3 Å². The molecule has 1 aliphatic carbocycles. The van der Waals surface area contributed by atoms with Crippen LogP contribution in [0.3, 0.4) is 0 Å². The monoisotopic (exact) mass is 344 g/mol. The minimum Gasteiger partial charge on any atom is -0.393 e. The summed E-state index contributed by atoms with van der Waals surface area (Å²) in [6.45, 7) is 2.60. The molecule has 2 rings (SSSR count). The molecule has 0 bridgehead atoms. The Bertz CT molecular complexity index is 513. The predicted molar refractivity (Wildman–Crippen MR) is 89.5 cm³/mol. The van der Waals surface area contributed by atoms with Crippen molar-refractivity contribution in [2.75, 3.05) is 13.6 Å². The van der Waals surface area contributed by atoms with Gasteiger partial charge in [-0.1, -0.05) is 29.3 Å². The number of nitrogens with zero attached hydrogens (tertiary/aromatic N) is 1. The molecule has 122 valence electrons. The highest BCUT2D eigenvalue weighted by Gasteiger charge is 2.29. The van der Waals surface area contributed by atoms with Crippen molar-refractivity contribution in [3.8, 4) is 0 Å². The van der Waals surface area contributed by atoms with Gasteiger partial charge in [0.15, 0.2) is 0 Å². The molecule has 1 fully saturated rings. The van der Waals surface area contributed by atoms with Gasteiger partial charge >= 0.3 is 6.03 Å². The zero-order valence-corrected chi connectivity index (χ0v) is 14.4. The molecule has 1 aromatic rings. The number of nitrogens with one attached hydrogen (secondary N) is 1. The zero-order valence-electron chi connectivity index (χ0n) is 12.9. The standard InChI is InChI=1S/C16H22Cl2N2O2/c1-10(6-13-14(17)4-3-5-15(13)18)19-16(22)20(2)9-11-7-12(21)8-11/h3-5,10-12,21H,6-9H2,1-2H3,(H,19,22). The van der Waals surface area contributed by atoms with Gasteiger partial charge in [0, 0.05) is 29.7 Å². The summed E-state index contributed by atoms with van der Waals surface area (Å²) in [7, 11) is 1.77. The van der Waals surface area contributed by atoms with E-state index in [1.807, 2.05) is 6.92 Å². The number of benzene rings is 1. The summed E-state index contributed by atoms with van der Waals surface area (Å²) >= 11 is 12.3. The normalized spacial score (nSPS) is 21.9. The number of aliphatic hydroxyl groups excluding tert-OH is 1. The molecule has 1 aliphatic rings. The van der Waals surface area contributed by atoms with Crippen molar-refractivity contribution >= 4 is 29.2 Å². The Morgan fingerprint density at radius 3 is 2.55 bits per heavy atom. The summed E-state index contributed by atoms with van der Waals surface area (Å²) < 4.78 is 0. The smallest absolute Gasteiger partial charge is 0.317 e. The first-order valence-electron chi connectivity index (χ1n) is 7.49. The lowest BCUT2D eigenvalue weighted by Gasteiger charge is -2.34. The first-order valence-corrected chi connectivity index (χ1v) is 8.25. The van der Waals surface area contributed by atoms with Gasteiger partial charge in [0.25, 0.3) is 0 Å². The average Bonchev–Trinajstić information content (AvgIpc) is 2.41. The summed E-state index contributed by atoms with van der Waals surface area (Å²) in [5, 5.41) is 13.5. The van der Waals surface area contributed by atoms with Crippen LogP contribution in [0.1, 0.15) is 25.3 Å². The van der Waals surface area contributed by atoms with Crippen LogP contribution < -0.4 is 5.32 Å². The fraction of sp³-hybridized carbons (Fsp3) is 0.562. The molecule has 0 aromatic heterocycles. The predicted octanol–water partition coefficient (Wildman–Crippen LogP) is 3.34. The summed E-state index contributed by atoms with van der Waals surface area (Å²) in [5.41, 5.74) is 0.850. The topological polar surface area (TPSA) is 52.6 Å². The number of rotatable bonds is 5. The van der Waals surface area contributed by atoms with E-state index in [0.717, 1.165) is 18.4 Å². The van der Waals surface area contributed by atoms with Crippen molar-refractivity contribution < 1.29 is 9.90 Å². The quantitative estimate of drug-likeness (QED) is 0.860. The summed E-state index contributed by atoms with van der Waals surface area (Å²) in [4.78, 5) is 13.8. The van der Waals surface area contributed by atoms with Gasteiger partial charge in [0.2, 0.25) is 0 Å². The maximum atomic E-state index is 12.2. The second-order valence-electron chi connectivity index (χ2n) is 6.13. The summed E-state index contributed by atoms with van der Waals surface area (Å²) in [6, 6.07) is 5.21. The second-order valence-corrected chi connectivity index (χ2v) is 6.94. The molecule has 0 heterocycles.